The summed E-state index contributed by atoms with van der Waals surface area (Å²) in [4.78, 5) is 13.9. The number of nitrogens with two attached hydrogens (primary N) is 1. The van der Waals surface area contributed by atoms with Crippen molar-refractivity contribution in [2.24, 2.45) is 5.92 Å². The van der Waals surface area contributed by atoms with E-state index >= 15 is 0 Å². The Morgan fingerprint density at radius 2 is 2.16 bits per heavy atom. The van der Waals surface area contributed by atoms with Crippen LogP contribution < -0.4 is 5.73 Å². The molecule has 2 rings (SSSR count). The van der Waals surface area contributed by atoms with Crippen LogP contribution in [0.4, 0.5) is 14.5 Å². The summed E-state index contributed by atoms with van der Waals surface area (Å²) in [5.74, 6) is -1.63. The number of anilines is 1. The molecular weight excluding hydrogens is 250 g/mol. The van der Waals surface area contributed by atoms with Gasteiger partial charge in [-0.1, -0.05) is 13.3 Å². The predicted molar refractivity (Wildman–Crippen MR) is 69.7 cm³/mol. The van der Waals surface area contributed by atoms with Crippen molar-refractivity contribution in [2.45, 2.75) is 26.2 Å². The van der Waals surface area contributed by atoms with Crippen LogP contribution in [0, 0.1) is 17.6 Å². The number of piperidine rings is 1. The second-order valence-corrected chi connectivity index (χ2v) is 5.02. The molecule has 1 aliphatic rings. The number of amides is 1. The smallest absolute Gasteiger partial charge is 0.256 e. The van der Waals surface area contributed by atoms with Crippen LogP contribution in [0.3, 0.4) is 0 Å². The number of nitrogens with zero attached hydrogens (tertiary/aromatic N) is 1. The summed E-state index contributed by atoms with van der Waals surface area (Å²) in [6, 6.07) is 1.76. The van der Waals surface area contributed by atoms with Crippen LogP contribution in [0.2, 0.25) is 0 Å². The van der Waals surface area contributed by atoms with E-state index in [1.807, 2.05) is 0 Å². The number of hydrogen-bond donors (Lipinski definition) is 1. The van der Waals surface area contributed by atoms with Gasteiger partial charge in [0.05, 0.1) is 11.3 Å². The van der Waals surface area contributed by atoms with Crippen LogP contribution in [0.25, 0.3) is 0 Å². The van der Waals surface area contributed by atoms with E-state index in [9.17, 15) is 13.6 Å². The maximum absolute atomic E-state index is 13.7. The largest absolute Gasteiger partial charge is 0.396 e. The van der Waals surface area contributed by atoms with E-state index in [1.165, 1.54) is 0 Å². The van der Waals surface area contributed by atoms with Gasteiger partial charge in [-0.05, 0) is 24.8 Å². The summed E-state index contributed by atoms with van der Waals surface area (Å²) in [7, 11) is 0. The summed E-state index contributed by atoms with van der Waals surface area (Å²) in [6.07, 6.45) is 3.01. The van der Waals surface area contributed by atoms with Gasteiger partial charge in [0.1, 0.15) is 11.6 Å². The molecule has 0 aromatic heterocycles. The first-order valence-electron chi connectivity index (χ1n) is 6.56. The van der Waals surface area contributed by atoms with Gasteiger partial charge in [-0.15, -0.1) is 0 Å². The van der Waals surface area contributed by atoms with Crippen molar-refractivity contribution in [3.8, 4) is 0 Å². The maximum atomic E-state index is 13.7. The van der Waals surface area contributed by atoms with E-state index in [1.54, 1.807) is 4.90 Å². The van der Waals surface area contributed by atoms with Gasteiger partial charge in [-0.2, -0.15) is 0 Å². The molecule has 0 saturated carbocycles. The molecular formula is C14H18F2N2O. The Kier molecular flexibility index (Phi) is 4.02. The Balaban J connectivity index is 2.22. The normalized spacial score (nSPS) is 19.5. The number of rotatable bonds is 2. The van der Waals surface area contributed by atoms with Crippen LogP contribution in [0.15, 0.2) is 12.1 Å². The number of likely N-dealkylation sites (tertiary alicyclic amines) is 1. The second kappa shape index (κ2) is 5.55. The molecule has 104 valence electrons. The summed E-state index contributed by atoms with van der Waals surface area (Å²) < 4.78 is 26.8. The van der Waals surface area contributed by atoms with E-state index < -0.39 is 17.5 Å². The van der Waals surface area contributed by atoms with Gasteiger partial charge in [0.2, 0.25) is 0 Å². The average Bonchev–Trinajstić information content (AvgIpc) is 2.42. The highest BCUT2D eigenvalue weighted by Crippen LogP contribution is 2.23. The maximum Gasteiger partial charge on any atom is 0.256 e. The molecule has 1 fully saturated rings. The van der Waals surface area contributed by atoms with Gasteiger partial charge >= 0.3 is 0 Å². The minimum atomic E-state index is -0.852. The molecule has 2 N–H and O–H groups in total. The van der Waals surface area contributed by atoms with Crippen molar-refractivity contribution in [2.75, 3.05) is 18.8 Å². The molecule has 5 heteroatoms. The number of hydrogen-bond acceptors (Lipinski definition) is 2. The highest BCUT2D eigenvalue weighted by Gasteiger charge is 2.25. The van der Waals surface area contributed by atoms with E-state index in [2.05, 4.69) is 6.92 Å². The molecule has 0 bridgehead atoms. The number of carbonyl (C=O) groups excluding carboxylic acids is 1. The van der Waals surface area contributed by atoms with Gasteiger partial charge in [0, 0.05) is 19.2 Å². The van der Waals surface area contributed by atoms with Crippen LogP contribution in [0.5, 0.6) is 0 Å². The minimum Gasteiger partial charge on any atom is -0.396 e. The fraction of sp³-hybridized carbons (Fsp3) is 0.500. The van der Waals surface area contributed by atoms with Crippen molar-refractivity contribution >= 4 is 11.6 Å². The Hall–Kier alpha value is -1.65. The van der Waals surface area contributed by atoms with Gasteiger partial charge < -0.3 is 10.6 Å². The van der Waals surface area contributed by atoms with E-state index in [0.29, 0.717) is 25.1 Å². The summed E-state index contributed by atoms with van der Waals surface area (Å²) in [5.41, 5.74) is 5.05. The molecule has 0 radical (unpaired) electrons. The fourth-order valence-corrected chi connectivity index (χ4v) is 2.48. The number of carbonyl (C=O) groups is 1. The average molecular weight is 268 g/mol. The molecule has 1 amide bonds. The minimum absolute atomic E-state index is 0.143. The van der Waals surface area contributed by atoms with Crippen LogP contribution >= 0.6 is 0 Å². The van der Waals surface area contributed by atoms with Crippen LogP contribution in [0.1, 0.15) is 36.5 Å². The zero-order valence-electron chi connectivity index (χ0n) is 11.0. The third-order valence-corrected chi connectivity index (χ3v) is 3.70. The summed E-state index contributed by atoms with van der Waals surface area (Å²) in [5, 5.41) is 0. The fourth-order valence-electron chi connectivity index (χ4n) is 2.48. The molecule has 1 atom stereocenters. The standard InChI is InChI=1S/C14H18F2N2O/c1-2-9-4-3-5-18(8-9)14(19)10-6-13(17)12(16)7-11(10)15/h6-7,9H,2-5,8,17H2,1H3. The molecule has 1 heterocycles. The Bertz CT molecular complexity index is 491. The first-order valence-corrected chi connectivity index (χ1v) is 6.56. The van der Waals surface area contributed by atoms with E-state index in [-0.39, 0.29) is 11.3 Å². The monoisotopic (exact) mass is 268 g/mol. The first-order chi connectivity index (χ1) is 9.02. The Morgan fingerprint density at radius 1 is 1.42 bits per heavy atom. The zero-order valence-corrected chi connectivity index (χ0v) is 11.0. The van der Waals surface area contributed by atoms with Crippen LogP contribution in [-0.4, -0.2) is 23.9 Å². The van der Waals surface area contributed by atoms with Crippen molar-refractivity contribution < 1.29 is 13.6 Å². The quantitative estimate of drug-likeness (QED) is 0.838. The topological polar surface area (TPSA) is 46.3 Å². The lowest BCUT2D eigenvalue weighted by Gasteiger charge is -2.32. The molecule has 19 heavy (non-hydrogen) atoms. The molecule has 3 nitrogen and oxygen atoms in total. The summed E-state index contributed by atoms with van der Waals surface area (Å²) >= 11 is 0. The van der Waals surface area contributed by atoms with Crippen molar-refractivity contribution in [1.82, 2.24) is 4.90 Å². The molecule has 1 saturated heterocycles. The number of nitrogen functional groups attached to an aromatic ring is 1. The van der Waals surface area contributed by atoms with Crippen molar-refractivity contribution in [3.63, 3.8) is 0 Å². The van der Waals surface area contributed by atoms with E-state index in [0.717, 1.165) is 25.3 Å². The van der Waals surface area contributed by atoms with Gasteiger partial charge in [-0.25, -0.2) is 8.78 Å². The molecule has 1 aromatic carbocycles. The molecule has 0 spiro atoms. The third-order valence-electron chi connectivity index (χ3n) is 3.70. The van der Waals surface area contributed by atoms with Crippen molar-refractivity contribution in [3.05, 3.63) is 29.3 Å². The summed E-state index contributed by atoms with van der Waals surface area (Å²) in [6.45, 7) is 3.33. The van der Waals surface area contributed by atoms with Gasteiger partial charge in [0.25, 0.3) is 5.91 Å². The molecule has 0 aliphatic carbocycles. The van der Waals surface area contributed by atoms with Crippen LogP contribution in [-0.2, 0) is 0 Å². The van der Waals surface area contributed by atoms with Gasteiger partial charge in [0.15, 0.2) is 0 Å². The second-order valence-electron chi connectivity index (χ2n) is 5.02. The molecule has 1 aliphatic heterocycles. The first kappa shape index (κ1) is 13.8. The highest BCUT2D eigenvalue weighted by molar-refractivity contribution is 5.95. The van der Waals surface area contributed by atoms with E-state index in [4.69, 9.17) is 5.73 Å². The zero-order chi connectivity index (χ0) is 14.0. The lowest BCUT2D eigenvalue weighted by Crippen LogP contribution is -2.40. The molecule has 1 unspecified atom stereocenters. The number of halogens is 2. The molecule has 1 aromatic rings. The lowest BCUT2D eigenvalue weighted by molar-refractivity contribution is 0.0666. The highest BCUT2D eigenvalue weighted by atomic mass is 19.1. The predicted octanol–water partition coefficient (Wildman–Crippen LogP) is 2.81. The third kappa shape index (κ3) is 2.85. The SMILES string of the molecule is CCC1CCCN(C(=O)c2cc(N)c(F)cc2F)C1. The lowest BCUT2D eigenvalue weighted by atomic mass is 9.95. The number of benzene rings is 1. The van der Waals surface area contributed by atoms with Crippen molar-refractivity contribution in [1.29, 1.82) is 0 Å². The Labute approximate surface area is 111 Å². The Morgan fingerprint density at radius 3 is 2.84 bits per heavy atom. The van der Waals surface area contributed by atoms with Gasteiger partial charge in [-0.3, -0.25) is 4.79 Å².